The zero-order valence-electron chi connectivity index (χ0n) is 15.8. The summed E-state index contributed by atoms with van der Waals surface area (Å²) in [4.78, 5) is 29.6. The fourth-order valence-corrected chi connectivity index (χ4v) is 5.59. The zero-order chi connectivity index (χ0) is 19.1. The molecule has 2 saturated heterocycles. The predicted molar refractivity (Wildman–Crippen MR) is 113 cm³/mol. The van der Waals surface area contributed by atoms with E-state index in [2.05, 4.69) is 24.8 Å². The molecule has 4 heterocycles. The highest BCUT2D eigenvalue weighted by Crippen LogP contribution is 2.37. The summed E-state index contributed by atoms with van der Waals surface area (Å²) in [6.45, 7) is 7.50. The number of thioether (sulfide) groups is 1. The average Bonchev–Trinajstić information content (AvgIpc) is 2.87. The molecule has 144 valence electrons. The second-order valence-corrected chi connectivity index (χ2v) is 9.83. The van der Waals surface area contributed by atoms with E-state index in [4.69, 9.17) is 12.2 Å². The van der Waals surface area contributed by atoms with Crippen LogP contribution in [0.5, 0.6) is 0 Å². The lowest BCUT2D eigenvalue weighted by Gasteiger charge is -2.42. The van der Waals surface area contributed by atoms with Crippen molar-refractivity contribution >= 4 is 34.2 Å². The quantitative estimate of drug-likeness (QED) is 0.571. The SMILES string of the molecule is CC(C)CCN1C(=O)/C(=C/N2C[C@H]3C[C@@H](C2)c2cccc(=O)n2C3)SC1=S. The van der Waals surface area contributed by atoms with Gasteiger partial charge in [-0.3, -0.25) is 14.5 Å². The number of fused-ring (bicyclic) bond motifs is 4. The van der Waals surface area contributed by atoms with Crippen LogP contribution in [0.2, 0.25) is 0 Å². The topological polar surface area (TPSA) is 45.6 Å². The molecule has 3 aliphatic rings. The highest BCUT2D eigenvalue weighted by Gasteiger charge is 2.36. The Morgan fingerprint density at radius 3 is 2.85 bits per heavy atom. The number of rotatable bonds is 4. The van der Waals surface area contributed by atoms with Gasteiger partial charge in [0.25, 0.3) is 11.5 Å². The van der Waals surface area contributed by atoms with Crippen LogP contribution >= 0.6 is 24.0 Å². The second kappa shape index (κ2) is 7.43. The molecule has 0 aromatic carbocycles. The number of pyridine rings is 1. The van der Waals surface area contributed by atoms with Crippen LogP contribution in [-0.2, 0) is 11.3 Å². The van der Waals surface area contributed by atoms with Gasteiger partial charge in [-0.25, -0.2) is 0 Å². The molecule has 5 nitrogen and oxygen atoms in total. The van der Waals surface area contributed by atoms with Crippen LogP contribution in [0.3, 0.4) is 0 Å². The first-order valence-electron chi connectivity index (χ1n) is 9.61. The van der Waals surface area contributed by atoms with E-state index in [0.29, 0.717) is 28.6 Å². The van der Waals surface area contributed by atoms with Crippen molar-refractivity contribution in [2.45, 2.75) is 39.2 Å². The molecule has 0 unspecified atom stereocenters. The largest absolute Gasteiger partial charge is 0.375 e. The molecule has 2 bridgehead atoms. The van der Waals surface area contributed by atoms with Gasteiger partial charge in [0.15, 0.2) is 0 Å². The summed E-state index contributed by atoms with van der Waals surface area (Å²) in [5.74, 6) is 1.37. The van der Waals surface area contributed by atoms with Crippen molar-refractivity contribution in [3.05, 3.63) is 45.4 Å². The molecule has 0 aliphatic carbocycles. The lowest BCUT2D eigenvalue weighted by molar-refractivity contribution is -0.122. The van der Waals surface area contributed by atoms with E-state index in [1.807, 2.05) is 16.8 Å². The molecular weight excluding hydrogens is 378 g/mol. The van der Waals surface area contributed by atoms with E-state index in [9.17, 15) is 9.59 Å². The number of nitrogens with zero attached hydrogens (tertiary/aromatic N) is 3. The molecule has 0 radical (unpaired) electrons. The second-order valence-electron chi connectivity index (χ2n) is 8.15. The smallest absolute Gasteiger partial charge is 0.267 e. The first-order chi connectivity index (χ1) is 12.9. The summed E-state index contributed by atoms with van der Waals surface area (Å²) in [5, 5.41) is 0. The molecule has 1 amide bonds. The average molecular weight is 404 g/mol. The van der Waals surface area contributed by atoms with Gasteiger partial charge in [-0.1, -0.05) is 43.9 Å². The van der Waals surface area contributed by atoms with Gasteiger partial charge in [0.05, 0.1) is 4.91 Å². The van der Waals surface area contributed by atoms with Crippen molar-refractivity contribution in [1.82, 2.24) is 14.4 Å². The summed E-state index contributed by atoms with van der Waals surface area (Å²) in [5.41, 5.74) is 1.23. The van der Waals surface area contributed by atoms with E-state index in [-0.39, 0.29) is 11.5 Å². The molecule has 2 atom stereocenters. The molecular formula is C20H25N3O2S2. The van der Waals surface area contributed by atoms with Crippen LogP contribution in [0, 0.1) is 11.8 Å². The number of hydrogen-bond acceptors (Lipinski definition) is 5. The monoisotopic (exact) mass is 403 g/mol. The Kier molecular flexibility index (Phi) is 5.16. The Morgan fingerprint density at radius 1 is 1.26 bits per heavy atom. The number of carbonyl (C=O) groups is 1. The van der Waals surface area contributed by atoms with Crippen molar-refractivity contribution in [2.75, 3.05) is 19.6 Å². The Morgan fingerprint density at radius 2 is 2.07 bits per heavy atom. The van der Waals surface area contributed by atoms with Gasteiger partial charge in [0, 0.05) is 50.1 Å². The van der Waals surface area contributed by atoms with Crippen LogP contribution < -0.4 is 5.56 Å². The zero-order valence-corrected chi connectivity index (χ0v) is 17.4. The van der Waals surface area contributed by atoms with E-state index in [0.717, 1.165) is 43.1 Å². The van der Waals surface area contributed by atoms with Gasteiger partial charge in [0.1, 0.15) is 4.32 Å². The number of likely N-dealkylation sites (tertiary alicyclic amines) is 1. The number of thiocarbonyl (C=S) groups is 1. The van der Waals surface area contributed by atoms with Gasteiger partial charge >= 0.3 is 0 Å². The molecule has 0 spiro atoms. The van der Waals surface area contributed by atoms with Crippen molar-refractivity contribution in [1.29, 1.82) is 0 Å². The summed E-state index contributed by atoms with van der Waals surface area (Å²) in [6.07, 6.45) is 4.08. The van der Waals surface area contributed by atoms with Crippen molar-refractivity contribution in [2.24, 2.45) is 11.8 Å². The fourth-order valence-electron chi connectivity index (χ4n) is 4.28. The van der Waals surface area contributed by atoms with Gasteiger partial charge in [-0.05, 0) is 30.7 Å². The maximum atomic E-state index is 12.8. The van der Waals surface area contributed by atoms with Gasteiger partial charge in [-0.15, -0.1) is 0 Å². The lowest BCUT2D eigenvalue weighted by atomic mass is 9.83. The summed E-state index contributed by atoms with van der Waals surface area (Å²) >= 11 is 6.85. The van der Waals surface area contributed by atoms with Crippen molar-refractivity contribution < 1.29 is 4.79 Å². The maximum Gasteiger partial charge on any atom is 0.267 e. The number of aromatic nitrogens is 1. The minimum atomic E-state index is 0.0398. The highest BCUT2D eigenvalue weighted by atomic mass is 32.2. The third-order valence-corrected chi connectivity index (χ3v) is 6.98. The fraction of sp³-hybridized carbons (Fsp3) is 0.550. The first kappa shape index (κ1) is 18.7. The molecule has 3 aliphatic heterocycles. The van der Waals surface area contributed by atoms with E-state index >= 15 is 0 Å². The van der Waals surface area contributed by atoms with Gasteiger partial charge in [-0.2, -0.15) is 0 Å². The van der Waals surface area contributed by atoms with Crippen LogP contribution in [0.1, 0.15) is 38.3 Å². The molecule has 0 N–H and O–H groups in total. The third kappa shape index (κ3) is 3.72. The van der Waals surface area contributed by atoms with E-state index < -0.39 is 0 Å². The molecule has 1 aromatic heterocycles. The Bertz CT molecular complexity index is 861. The van der Waals surface area contributed by atoms with Crippen LogP contribution in [0.25, 0.3) is 0 Å². The normalized spacial score (nSPS) is 26.3. The van der Waals surface area contributed by atoms with Crippen LogP contribution in [0.4, 0.5) is 0 Å². The summed E-state index contributed by atoms with van der Waals surface area (Å²) in [6, 6.07) is 5.56. The number of amides is 1. The first-order valence-corrected chi connectivity index (χ1v) is 10.8. The molecule has 4 rings (SSSR count). The Labute approximate surface area is 169 Å². The minimum absolute atomic E-state index is 0.0398. The van der Waals surface area contributed by atoms with E-state index in [1.54, 1.807) is 11.0 Å². The summed E-state index contributed by atoms with van der Waals surface area (Å²) in [7, 11) is 0. The predicted octanol–water partition coefficient (Wildman–Crippen LogP) is 3.02. The number of carbonyl (C=O) groups excluding carboxylic acids is 1. The molecule has 0 saturated carbocycles. The van der Waals surface area contributed by atoms with Crippen LogP contribution in [0.15, 0.2) is 34.1 Å². The molecule has 27 heavy (non-hydrogen) atoms. The van der Waals surface area contributed by atoms with Crippen molar-refractivity contribution in [3.63, 3.8) is 0 Å². The van der Waals surface area contributed by atoms with Crippen molar-refractivity contribution in [3.8, 4) is 0 Å². The Hall–Kier alpha value is -1.60. The molecule has 2 fully saturated rings. The number of hydrogen-bond donors (Lipinski definition) is 0. The Balaban J connectivity index is 1.50. The van der Waals surface area contributed by atoms with Gasteiger partial charge < -0.3 is 9.47 Å². The van der Waals surface area contributed by atoms with E-state index in [1.165, 1.54) is 11.8 Å². The molecule has 7 heteroatoms. The standard InChI is InChI=1S/C20H25N3O2S2/c1-13(2)6-7-22-19(25)17(27-20(22)26)12-21-9-14-8-15(11-21)16-4-3-5-18(24)23(16)10-14/h3-5,12-15H,6-11H2,1-2H3/b17-12-/t14-,15+/m1/s1. The maximum absolute atomic E-state index is 12.8. The van der Waals surface area contributed by atoms with Crippen LogP contribution in [-0.4, -0.2) is 44.2 Å². The third-order valence-electron chi connectivity index (χ3n) is 5.61. The van der Waals surface area contributed by atoms with Gasteiger partial charge in [0.2, 0.25) is 0 Å². The molecule has 1 aromatic rings. The minimum Gasteiger partial charge on any atom is -0.375 e. The summed E-state index contributed by atoms with van der Waals surface area (Å²) < 4.78 is 2.60. The highest BCUT2D eigenvalue weighted by molar-refractivity contribution is 8.26. The lowest BCUT2D eigenvalue weighted by Crippen LogP contribution is -2.45. The number of piperidine rings is 1.